The zero-order valence-electron chi connectivity index (χ0n) is 19.5. The monoisotopic (exact) mass is 518 g/mol. The van der Waals surface area contributed by atoms with Gasteiger partial charge in [0, 0.05) is 57.0 Å². The van der Waals surface area contributed by atoms with Gasteiger partial charge in [-0.15, -0.1) is 0 Å². The molecule has 5 unspecified atom stereocenters. The van der Waals surface area contributed by atoms with Crippen LogP contribution in [0.3, 0.4) is 0 Å². The summed E-state index contributed by atoms with van der Waals surface area (Å²) in [5.41, 5.74) is 2.27. The fourth-order valence-electron chi connectivity index (χ4n) is 5.79. The summed E-state index contributed by atoms with van der Waals surface area (Å²) in [4.78, 5) is 30.4. The molecule has 3 amide bonds. The van der Waals surface area contributed by atoms with Gasteiger partial charge in [0.2, 0.25) is 15.9 Å². The van der Waals surface area contributed by atoms with Crippen molar-refractivity contribution in [3.8, 4) is 0 Å². The van der Waals surface area contributed by atoms with Gasteiger partial charge in [-0.2, -0.15) is 0 Å². The first-order chi connectivity index (χ1) is 16.2. The number of fused-ring (bicyclic) bond motifs is 1. The van der Waals surface area contributed by atoms with Crippen LogP contribution in [0.4, 0.5) is 9.18 Å². The summed E-state index contributed by atoms with van der Waals surface area (Å²) in [6.07, 6.45) is 2.96. The number of hydrogen-bond donors (Lipinski definition) is 3. The molecule has 0 aromatic carbocycles. The first-order valence-electron chi connectivity index (χ1n) is 12.3. The fraction of sp³-hybridized carbons (Fsp3) is 0.905. The van der Waals surface area contributed by atoms with Gasteiger partial charge >= 0.3 is 6.03 Å². The number of nitrogens with zero attached hydrogens (tertiary/aromatic N) is 3. The van der Waals surface area contributed by atoms with Crippen LogP contribution in [0, 0.1) is 11.8 Å². The summed E-state index contributed by atoms with van der Waals surface area (Å²) in [5.74, 6) is -0.688. The molecule has 5 atom stereocenters. The summed E-state index contributed by atoms with van der Waals surface area (Å²) in [5, 5.41) is 1.46. The molecule has 0 radical (unpaired) electrons. The van der Waals surface area contributed by atoms with Crippen LogP contribution in [0.5, 0.6) is 0 Å². The lowest BCUT2D eigenvalue weighted by molar-refractivity contribution is -0.141. The van der Waals surface area contributed by atoms with Crippen molar-refractivity contribution in [3.05, 3.63) is 0 Å². The number of carbonyl (C=O) groups excluding carboxylic acids is 2. The van der Waals surface area contributed by atoms with E-state index < -0.39 is 33.4 Å². The Hall–Kier alpha value is -0.990. The van der Waals surface area contributed by atoms with Crippen LogP contribution in [-0.2, 0) is 14.8 Å². The first kappa shape index (κ1) is 24.7. The number of nitrogens with one attached hydrogen (secondary N) is 3. The lowest BCUT2D eigenvalue weighted by atomic mass is 9.80. The van der Waals surface area contributed by atoms with Crippen molar-refractivity contribution in [2.45, 2.75) is 60.6 Å². The molecule has 3 aliphatic heterocycles. The van der Waals surface area contributed by atoms with E-state index in [1.54, 1.807) is 11.9 Å². The van der Waals surface area contributed by atoms with Crippen molar-refractivity contribution in [3.63, 3.8) is 0 Å². The zero-order chi connectivity index (χ0) is 24.1. The smallest absolute Gasteiger partial charge is 0.319 e. The number of urea groups is 1. The van der Waals surface area contributed by atoms with Crippen molar-refractivity contribution in [1.29, 1.82) is 0 Å². The highest BCUT2D eigenvalue weighted by atomic mass is 32.2. The molecular weight excluding hydrogens is 483 g/mol. The molecule has 0 aromatic heterocycles. The number of sulfonamides is 1. The van der Waals surface area contributed by atoms with Gasteiger partial charge in [0.25, 0.3) is 0 Å². The summed E-state index contributed by atoms with van der Waals surface area (Å²) in [7, 11) is -1.83. The van der Waals surface area contributed by atoms with Crippen LogP contribution in [0.25, 0.3) is 0 Å². The summed E-state index contributed by atoms with van der Waals surface area (Å²) in [6.45, 7) is 2.47. The molecule has 5 fully saturated rings. The van der Waals surface area contributed by atoms with Crippen LogP contribution in [0.15, 0.2) is 0 Å². The Morgan fingerprint density at radius 1 is 1.21 bits per heavy atom. The Labute approximate surface area is 204 Å². The first-order valence-corrected chi connectivity index (χ1v) is 14.7. The number of hydrazine groups is 1. The van der Waals surface area contributed by atoms with Gasteiger partial charge in [-0.25, -0.2) is 27.3 Å². The predicted octanol–water partition coefficient (Wildman–Crippen LogP) is 0.286. The quantitative estimate of drug-likeness (QED) is 0.393. The maximum atomic E-state index is 13.6. The highest BCUT2D eigenvalue weighted by Gasteiger charge is 2.53. The molecule has 2 saturated carbocycles. The zero-order valence-corrected chi connectivity index (χ0v) is 21.2. The molecule has 5 rings (SSSR count). The molecule has 0 bridgehead atoms. The molecule has 192 valence electrons. The van der Waals surface area contributed by atoms with Crippen molar-refractivity contribution in [2.24, 2.45) is 11.8 Å². The summed E-state index contributed by atoms with van der Waals surface area (Å²) < 4.78 is 45.4. The Bertz CT molecular complexity index is 913. The maximum absolute atomic E-state index is 13.6. The number of amides is 3. The molecule has 10 nitrogen and oxygen atoms in total. The largest absolute Gasteiger partial charge is 0.327 e. The SMILES string of the molecule is CN1CC(CN2C(=O)C3CC(S(=O)(=O)NC4(CF)CC4)CCC3N(CC3CCNS3)C2=O)CN1. The normalized spacial score (nSPS) is 36.2. The molecule has 34 heavy (non-hydrogen) atoms. The number of imide groups is 1. The minimum atomic E-state index is -3.76. The van der Waals surface area contributed by atoms with Gasteiger partial charge in [-0.05, 0) is 38.5 Å². The predicted molar refractivity (Wildman–Crippen MR) is 127 cm³/mol. The van der Waals surface area contributed by atoms with Crippen molar-refractivity contribution >= 4 is 33.9 Å². The van der Waals surface area contributed by atoms with E-state index in [1.807, 2.05) is 17.0 Å². The number of halogens is 1. The third kappa shape index (κ3) is 4.83. The van der Waals surface area contributed by atoms with Crippen LogP contribution < -0.4 is 14.9 Å². The number of rotatable bonds is 8. The van der Waals surface area contributed by atoms with Crippen molar-refractivity contribution in [2.75, 3.05) is 46.4 Å². The van der Waals surface area contributed by atoms with E-state index >= 15 is 0 Å². The number of hydrogen-bond acceptors (Lipinski definition) is 8. The molecule has 3 N–H and O–H groups in total. The summed E-state index contributed by atoms with van der Waals surface area (Å²) >= 11 is 1.63. The van der Waals surface area contributed by atoms with Crippen LogP contribution in [0.2, 0.25) is 0 Å². The van der Waals surface area contributed by atoms with Gasteiger partial charge < -0.3 is 4.90 Å². The fourth-order valence-corrected chi connectivity index (χ4v) is 8.67. The van der Waals surface area contributed by atoms with Gasteiger partial charge in [-0.1, -0.05) is 11.9 Å². The average Bonchev–Trinajstić information content (AvgIpc) is 3.17. The van der Waals surface area contributed by atoms with Gasteiger partial charge in [0.15, 0.2) is 0 Å². The highest BCUT2D eigenvalue weighted by Crippen LogP contribution is 2.41. The Kier molecular flexibility index (Phi) is 6.88. The molecule has 3 heterocycles. The molecule has 2 aliphatic carbocycles. The third-order valence-corrected chi connectivity index (χ3v) is 11.1. The lowest BCUT2D eigenvalue weighted by Crippen LogP contribution is -2.65. The minimum Gasteiger partial charge on any atom is -0.319 e. The Balaban J connectivity index is 1.35. The molecule has 0 aromatic rings. The molecule has 0 spiro atoms. The van der Waals surface area contributed by atoms with E-state index in [0.717, 1.165) is 19.5 Å². The number of carbonyl (C=O) groups is 2. The van der Waals surface area contributed by atoms with E-state index in [2.05, 4.69) is 14.9 Å². The Morgan fingerprint density at radius 2 is 2.00 bits per heavy atom. The molecule has 3 saturated heterocycles. The van der Waals surface area contributed by atoms with Crippen LogP contribution >= 0.6 is 11.9 Å². The topological polar surface area (TPSA) is 114 Å². The van der Waals surface area contributed by atoms with E-state index in [-0.39, 0.29) is 35.6 Å². The van der Waals surface area contributed by atoms with E-state index in [0.29, 0.717) is 45.3 Å². The molecule has 13 heteroatoms. The summed E-state index contributed by atoms with van der Waals surface area (Å²) in [6, 6.07) is -0.536. The highest BCUT2D eigenvalue weighted by molar-refractivity contribution is 7.98. The standard InChI is InChI=1S/C21H35FN6O4S2/c1-26-10-14(9-23-26)11-28-19(29)17-8-16(34(31,32)25-21(13-22)5-6-21)2-3-18(17)27(20(28)30)12-15-4-7-24-33-15/h14-18,23-25H,2-13H2,1H3. The number of alkyl halides is 1. The van der Waals surface area contributed by atoms with Crippen molar-refractivity contribution in [1.82, 2.24) is 29.7 Å². The van der Waals surface area contributed by atoms with Crippen LogP contribution in [-0.4, -0.2) is 104 Å². The van der Waals surface area contributed by atoms with Crippen molar-refractivity contribution < 1.29 is 22.4 Å². The van der Waals surface area contributed by atoms with Gasteiger partial charge in [-0.3, -0.25) is 19.8 Å². The minimum absolute atomic E-state index is 0.128. The van der Waals surface area contributed by atoms with E-state index in [4.69, 9.17) is 0 Å². The lowest BCUT2D eigenvalue weighted by Gasteiger charge is -2.49. The van der Waals surface area contributed by atoms with E-state index in [1.165, 1.54) is 4.90 Å². The second kappa shape index (κ2) is 9.47. The van der Waals surface area contributed by atoms with Gasteiger partial charge in [0.1, 0.15) is 6.67 Å². The maximum Gasteiger partial charge on any atom is 0.327 e. The Morgan fingerprint density at radius 3 is 2.62 bits per heavy atom. The second-order valence-corrected chi connectivity index (χ2v) is 13.7. The van der Waals surface area contributed by atoms with Gasteiger partial charge in [0.05, 0.1) is 16.7 Å². The molecular formula is C21H35FN6O4S2. The van der Waals surface area contributed by atoms with E-state index in [9.17, 15) is 22.4 Å². The second-order valence-electron chi connectivity index (χ2n) is 10.6. The average molecular weight is 519 g/mol. The molecule has 5 aliphatic rings. The van der Waals surface area contributed by atoms with Crippen LogP contribution in [0.1, 0.15) is 38.5 Å². The third-order valence-electron chi connectivity index (χ3n) is 7.97.